The molecule has 0 saturated heterocycles. The van der Waals surface area contributed by atoms with Gasteiger partial charge in [0.1, 0.15) is 6.10 Å². The quantitative estimate of drug-likeness (QED) is 0.815. The second kappa shape index (κ2) is 3.49. The summed E-state index contributed by atoms with van der Waals surface area (Å²) < 4.78 is 31.0. The number of benzene rings is 1. The smallest absolute Gasteiger partial charge is 0.307 e. The highest BCUT2D eigenvalue weighted by Crippen LogP contribution is 2.33. The van der Waals surface area contributed by atoms with Crippen molar-refractivity contribution in [3.8, 4) is 5.75 Å². The maximum atomic E-state index is 13.2. The average molecular weight is 214 g/mol. The summed E-state index contributed by atoms with van der Waals surface area (Å²) in [6, 6.07) is 2.43. The van der Waals surface area contributed by atoms with Crippen LogP contribution in [0.25, 0.3) is 0 Å². The molecule has 0 bridgehead atoms. The standard InChI is InChI=1S/C10H8F2O3/c11-7-2-1-5-3-6(4-8(13)14)15-10(5)9(7)12/h1-2,6H,3-4H2,(H,13,14). The van der Waals surface area contributed by atoms with Crippen molar-refractivity contribution in [3.05, 3.63) is 29.3 Å². The van der Waals surface area contributed by atoms with Crippen molar-refractivity contribution in [3.63, 3.8) is 0 Å². The van der Waals surface area contributed by atoms with E-state index in [0.29, 0.717) is 12.0 Å². The Bertz CT molecular complexity index is 417. The number of ether oxygens (including phenoxy) is 1. The summed E-state index contributed by atoms with van der Waals surface area (Å²) in [4.78, 5) is 10.4. The number of fused-ring (bicyclic) bond motifs is 1. The maximum absolute atomic E-state index is 13.2. The molecule has 0 aliphatic carbocycles. The van der Waals surface area contributed by atoms with E-state index >= 15 is 0 Å². The summed E-state index contributed by atoms with van der Waals surface area (Å²) in [5, 5.41) is 8.53. The Morgan fingerprint density at radius 3 is 2.93 bits per heavy atom. The van der Waals surface area contributed by atoms with Gasteiger partial charge in [-0.25, -0.2) is 4.39 Å². The number of hydrogen-bond donors (Lipinski definition) is 1. The number of rotatable bonds is 2. The molecule has 1 aromatic rings. The first-order chi connectivity index (χ1) is 7.08. The Balaban J connectivity index is 2.24. The lowest BCUT2D eigenvalue weighted by Crippen LogP contribution is -2.17. The summed E-state index contributed by atoms with van der Waals surface area (Å²) in [6.45, 7) is 0. The van der Waals surface area contributed by atoms with E-state index in [1.807, 2.05) is 0 Å². The SMILES string of the molecule is O=C(O)CC1Cc2ccc(F)c(F)c2O1. The minimum Gasteiger partial charge on any atom is -0.486 e. The zero-order chi connectivity index (χ0) is 11.0. The molecule has 1 aromatic carbocycles. The zero-order valence-corrected chi connectivity index (χ0v) is 7.67. The van der Waals surface area contributed by atoms with E-state index in [-0.39, 0.29) is 12.2 Å². The minimum atomic E-state index is -1.04. The van der Waals surface area contributed by atoms with E-state index in [0.717, 1.165) is 6.07 Å². The second-order valence-electron chi connectivity index (χ2n) is 3.39. The first-order valence-corrected chi connectivity index (χ1v) is 4.43. The molecule has 0 radical (unpaired) electrons. The molecule has 0 saturated carbocycles. The van der Waals surface area contributed by atoms with Crippen molar-refractivity contribution in [1.29, 1.82) is 0 Å². The Hall–Kier alpha value is -1.65. The van der Waals surface area contributed by atoms with Crippen LogP contribution in [-0.4, -0.2) is 17.2 Å². The Labute approximate surface area is 84.3 Å². The van der Waals surface area contributed by atoms with Gasteiger partial charge in [0.15, 0.2) is 11.6 Å². The lowest BCUT2D eigenvalue weighted by molar-refractivity contribution is -0.138. The van der Waals surface area contributed by atoms with Gasteiger partial charge >= 0.3 is 5.97 Å². The van der Waals surface area contributed by atoms with Gasteiger partial charge in [0.2, 0.25) is 5.82 Å². The van der Waals surface area contributed by atoms with Gasteiger partial charge in [-0.2, -0.15) is 4.39 Å². The van der Waals surface area contributed by atoms with Crippen LogP contribution in [0.3, 0.4) is 0 Å². The van der Waals surface area contributed by atoms with E-state index in [4.69, 9.17) is 9.84 Å². The molecule has 1 atom stereocenters. The van der Waals surface area contributed by atoms with Crippen LogP contribution < -0.4 is 4.74 Å². The van der Waals surface area contributed by atoms with Gasteiger partial charge in [-0.15, -0.1) is 0 Å². The highest BCUT2D eigenvalue weighted by Gasteiger charge is 2.28. The average Bonchev–Trinajstić information content (AvgIpc) is 2.54. The largest absolute Gasteiger partial charge is 0.486 e. The summed E-state index contributed by atoms with van der Waals surface area (Å²) in [6.07, 6.45) is -0.511. The Kier molecular flexibility index (Phi) is 2.30. The third kappa shape index (κ3) is 1.77. The number of aliphatic carboxylic acids is 1. The second-order valence-corrected chi connectivity index (χ2v) is 3.39. The zero-order valence-electron chi connectivity index (χ0n) is 7.67. The first-order valence-electron chi connectivity index (χ1n) is 4.43. The topological polar surface area (TPSA) is 46.5 Å². The first kappa shape index (κ1) is 9.89. The molecular weight excluding hydrogens is 206 g/mol. The third-order valence-corrected chi connectivity index (χ3v) is 2.27. The van der Waals surface area contributed by atoms with Crippen LogP contribution in [0.4, 0.5) is 8.78 Å². The molecule has 2 rings (SSSR count). The highest BCUT2D eigenvalue weighted by atomic mass is 19.2. The predicted octanol–water partition coefficient (Wildman–Crippen LogP) is 1.74. The van der Waals surface area contributed by atoms with Crippen LogP contribution >= 0.6 is 0 Å². The molecule has 1 aliphatic heterocycles. The van der Waals surface area contributed by atoms with Gasteiger partial charge in [-0.3, -0.25) is 4.79 Å². The van der Waals surface area contributed by atoms with Gasteiger partial charge in [0.25, 0.3) is 0 Å². The van der Waals surface area contributed by atoms with Crippen LogP contribution in [0, 0.1) is 11.6 Å². The minimum absolute atomic E-state index is 0.152. The van der Waals surface area contributed by atoms with Crippen molar-refractivity contribution in [2.75, 3.05) is 0 Å². The van der Waals surface area contributed by atoms with E-state index in [2.05, 4.69) is 0 Å². The fraction of sp³-hybridized carbons (Fsp3) is 0.300. The van der Waals surface area contributed by atoms with Gasteiger partial charge < -0.3 is 9.84 Å². The summed E-state index contributed by atoms with van der Waals surface area (Å²) in [5.41, 5.74) is 0.514. The Morgan fingerprint density at radius 1 is 1.53 bits per heavy atom. The van der Waals surface area contributed by atoms with E-state index < -0.39 is 23.7 Å². The molecule has 0 aromatic heterocycles. The van der Waals surface area contributed by atoms with Crippen molar-refractivity contribution in [1.82, 2.24) is 0 Å². The molecule has 15 heavy (non-hydrogen) atoms. The fourth-order valence-corrected chi connectivity index (χ4v) is 1.62. The third-order valence-electron chi connectivity index (χ3n) is 2.27. The number of halogens is 2. The molecule has 5 heteroatoms. The number of carboxylic acids is 1. The van der Waals surface area contributed by atoms with Crippen molar-refractivity contribution >= 4 is 5.97 Å². The summed E-state index contributed by atoms with van der Waals surface area (Å²) >= 11 is 0. The van der Waals surface area contributed by atoms with Gasteiger partial charge in [-0.05, 0) is 6.07 Å². The monoisotopic (exact) mass is 214 g/mol. The summed E-state index contributed by atoms with van der Waals surface area (Å²) in [5.74, 6) is -3.19. The van der Waals surface area contributed by atoms with Crippen molar-refractivity contribution in [2.45, 2.75) is 18.9 Å². The van der Waals surface area contributed by atoms with Gasteiger partial charge in [0.05, 0.1) is 6.42 Å². The van der Waals surface area contributed by atoms with Crippen LogP contribution in [-0.2, 0) is 11.2 Å². The van der Waals surface area contributed by atoms with Crippen LogP contribution in [0.1, 0.15) is 12.0 Å². The molecule has 1 heterocycles. The van der Waals surface area contributed by atoms with Crippen LogP contribution in [0.15, 0.2) is 12.1 Å². The fourth-order valence-electron chi connectivity index (χ4n) is 1.62. The van der Waals surface area contributed by atoms with E-state index in [9.17, 15) is 13.6 Å². The molecule has 3 nitrogen and oxygen atoms in total. The van der Waals surface area contributed by atoms with Crippen LogP contribution in [0.2, 0.25) is 0 Å². The van der Waals surface area contributed by atoms with E-state index in [1.165, 1.54) is 6.07 Å². The molecule has 1 N–H and O–H groups in total. The summed E-state index contributed by atoms with van der Waals surface area (Å²) in [7, 11) is 0. The maximum Gasteiger partial charge on any atom is 0.307 e. The Morgan fingerprint density at radius 2 is 2.27 bits per heavy atom. The van der Waals surface area contributed by atoms with E-state index in [1.54, 1.807) is 0 Å². The number of carboxylic acid groups (broad SMARTS) is 1. The molecule has 0 fully saturated rings. The molecule has 1 unspecified atom stereocenters. The predicted molar refractivity (Wildman–Crippen MR) is 46.7 cm³/mol. The molecular formula is C10H8F2O3. The molecule has 1 aliphatic rings. The van der Waals surface area contributed by atoms with Gasteiger partial charge in [0, 0.05) is 12.0 Å². The molecule has 0 spiro atoms. The lowest BCUT2D eigenvalue weighted by atomic mass is 10.1. The van der Waals surface area contributed by atoms with Gasteiger partial charge in [-0.1, -0.05) is 6.07 Å². The van der Waals surface area contributed by atoms with Crippen molar-refractivity contribution in [2.24, 2.45) is 0 Å². The molecule has 0 amide bonds. The van der Waals surface area contributed by atoms with Crippen molar-refractivity contribution < 1.29 is 23.4 Å². The highest BCUT2D eigenvalue weighted by molar-refractivity contribution is 5.67. The normalized spacial score (nSPS) is 18.4. The lowest BCUT2D eigenvalue weighted by Gasteiger charge is -2.07. The number of hydrogen-bond acceptors (Lipinski definition) is 2. The van der Waals surface area contributed by atoms with Crippen LogP contribution in [0.5, 0.6) is 5.75 Å². The molecule has 80 valence electrons. The number of carbonyl (C=O) groups is 1.